The van der Waals surface area contributed by atoms with Crippen molar-refractivity contribution in [1.82, 2.24) is 0 Å². The molecule has 2 aliphatic rings. The summed E-state index contributed by atoms with van der Waals surface area (Å²) < 4.78 is 0. The summed E-state index contributed by atoms with van der Waals surface area (Å²) in [5.74, 6) is 1.52. The minimum absolute atomic E-state index is 0.646. The van der Waals surface area contributed by atoms with Crippen LogP contribution < -0.4 is 0 Å². The molecule has 0 aromatic rings. The van der Waals surface area contributed by atoms with Gasteiger partial charge in [-0.05, 0) is 36.3 Å². The lowest BCUT2D eigenvalue weighted by Gasteiger charge is -2.28. The summed E-state index contributed by atoms with van der Waals surface area (Å²) in [7, 11) is 0. The Labute approximate surface area is 97.1 Å². The minimum Gasteiger partial charge on any atom is -0.146 e. The zero-order valence-corrected chi connectivity index (χ0v) is 11.2. The molecule has 0 amide bonds. The predicted octanol–water partition coefficient (Wildman–Crippen LogP) is 4.67. The van der Waals surface area contributed by atoms with Crippen molar-refractivity contribution in [3.05, 3.63) is 12.2 Å². The van der Waals surface area contributed by atoms with Gasteiger partial charge in [-0.3, -0.25) is 0 Å². The first-order chi connectivity index (χ1) is 6.63. The number of hydrogen-bond acceptors (Lipinski definition) is 0. The summed E-state index contributed by atoms with van der Waals surface area (Å²) in [5.41, 5.74) is 0.646. The molecule has 2 rings (SSSR count). The number of rotatable bonds is 4. The molecule has 0 aliphatic heterocycles. The van der Waals surface area contributed by atoms with Crippen LogP contribution in [0.25, 0.3) is 0 Å². The highest BCUT2D eigenvalue weighted by atomic mass is 35.7. The van der Waals surface area contributed by atoms with Crippen molar-refractivity contribution in [3.8, 4) is 0 Å². The van der Waals surface area contributed by atoms with E-state index in [-0.39, 0.29) is 0 Å². The van der Waals surface area contributed by atoms with Crippen LogP contribution in [-0.2, 0) is 0 Å². The number of hydrogen-bond donors (Lipinski definition) is 0. The van der Waals surface area contributed by atoms with Crippen molar-refractivity contribution in [2.24, 2.45) is 11.8 Å². The molecule has 3 atom stereocenters. The SMILES string of the molecule is CCCC[Si](Cl)(Cl)C1CC2C=CC1C2. The predicted molar refractivity (Wildman–Crippen MR) is 66.3 cm³/mol. The fraction of sp³-hybridized carbons (Fsp3) is 0.818. The number of allylic oxidation sites excluding steroid dienone is 2. The Bertz CT molecular complexity index is 237. The third-order valence-electron chi connectivity index (χ3n) is 3.69. The zero-order chi connectivity index (χ0) is 10.2. The number of halogens is 2. The van der Waals surface area contributed by atoms with E-state index in [9.17, 15) is 0 Å². The molecule has 3 unspecified atom stereocenters. The first-order valence-electron chi connectivity index (χ1n) is 5.69. The molecule has 0 heterocycles. The molecule has 3 heteroatoms. The molecule has 0 saturated heterocycles. The van der Waals surface area contributed by atoms with Gasteiger partial charge in [0.05, 0.1) is 0 Å². The highest BCUT2D eigenvalue weighted by Gasteiger charge is 2.48. The Balaban J connectivity index is 1.97. The minimum atomic E-state index is -1.95. The van der Waals surface area contributed by atoms with Crippen molar-refractivity contribution in [1.29, 1.82) is 0 Å². The van der Waals surface area contributed by atoms with Gasteiger partial charge in [0.1, 0.15) is 0 Å². The van der Waals surface area contributed by atoms with E-state index in [1.165, 1.54) is 25.7 Å². The van der Waals surface area contributed by atoms with Crippen molar-refractivity contribution in [3.63, 3.8) is 0 Å². The quantitative estimate of drug-likeness (QED) is 0.386. The molecule has 0 nitrogen and oxygen atoms in total. The zero-order valence-electron chi connectivity index (χ0n) is 8.68. The first-order valence-corrected chi connectivity index (χ1v) is 10.0. The highest BCUT2D eigenvalue weighted by molar-refractivity contribution is 7.46. The van der Waals surface area contributed by atoms with Gasteiger partial charge in [0.25, 0.3) is 6.69 Å². The van der Waals surface area contributed by atoms with Crippen molar-refractivity contribution in [2.75, 3.05) is 0 Å². The molecule has 0 spiro atoms. The van der Waals surface area contributed by atoms with Crippen molar-refractivity contribution in [2.45, 2.75) is 44.2 Å². The average molecular weight is 249 g/mol. The van der Waals surface area contributed by atoms with E-state index in [2.05, 4.69) is 19.1 Å². The van der Waals surface area contributed by atoms with Gasteiger partial charge in [0, 0.05) is 0 Å². The van der Waals surface area contributed by atoms with Crippen molar-refractivity contribution >= 4 is 28.9 Å². The van der Waals surface area contributed by atoms with Gasteiger partial charge in [0.15, 0.2) is 0 Å². The lowest BCUT2D eigenvalue weighted by atomic mass is 10.1. The molecular formula is C11H18Cl2Si. The van der Waals surface area contributed by atoms with E-state index >= 15 is 0 Å². The maximum atomic E-state index is 6.59. The van der Waals surface area contributed by atoms with Gasteiger partial charge in [-0.1, -0.05) is 31.9 Å². The second-order valence-electron chi connectivity index (χ2n) is 4.75. The van der Waals surface area contributed by atoms with Gasteiger partial charge in [-0.15, -0.1) is 22.2 Å². The van der Waals surface area contributed by atoms with Gasteiger partial charge >= 0.3 is 0 Å². The number of unbranched alkanes of at least 4 members (excludes halogenated alkanes) is 1. The second-order valence-corrected chi connectivity index (χ2v) is 12.1. The molecule has 0 aromatic carbocycles. The van der Waals surface area contributed by atoms with Crippen LogP contribution in [0.5, 0.6) is 0 Å². The molecule has 2 bridgehead atoms. The topological polar surface area (TPSA) is 0 Å². The van der Waals surface area contributed by atoms with Crippen LogP contribution in [0.15, 0.2) is 12.2 Å². The van der Waals surface area contributed by atoms with Crippen LogP contribution in [0.2, 0.25) is 11.6 Å². The van der Waals surface area contributed by atoms with Crippen LogP contribution in [0.1, 0.15) is 32.6 Å². The van der Waals surface area contributed by atoms with E-state index in [0.717, 1.165) is 17.9 Å². The molecule has 1 fully saturated rings. The maximum absolute atomic E-state index is 6.59. The molecule has 14 heavy (non-hydrogen) atoms. The van der Waals surface area contributed by atoms with E-state index in [0.29, 0.717) is 5.54 Å². The third kappa shape index (κ3) is 2.05. The Morgan fingerprint density at radius 3 is 2.57 bits per heavy atom. The summed E-state index contributed by atoms with van der Waals surface area (Å²) in [5, 5.41) is 0. The van der Waals surface area contributed by atoms with Gasteiger partial charge in [-0.2, -0.15) is 0 Å². The molecule has 2 aliphatic carbocycles. The second kappa shape index (κ2) is 4.19. The maximum Gasteiger partial charge on any atom is 0.254 e. The van der Waals surface area contributed by atoms with Crippen molar-refractivity contribution < 1.29 is 0 Å². The van der Waals surface area contributed by atoms with Crippen LogP contribution in [0, 0.1) is 11.8 Å². The monoisotopic (exact) mass is 248 g/mol. The molecular weight excluding hydrogens is 231 g/mol. The molecule has 0 radical (unpaired) electrons. The van der Waals surface area contributed by atoms with E-state index in [4.69, 9.17) is 22.2 Å². The smallest absolute Gasteiger partial charge is 0.146 e. The lowest BCUT2D eigenvalue weighted by molar-refractivity contribution is 0.678. The van der Waals surface area contributed by atoms with Gasteiger partial charge in [-0.25, -0.2) is 0 Å². The summed E-state index contributed by atoms with van der Waals surface area (Å²) >= 11 is 13.2. The summed E-state index contributed by atoms with van der Waals surface area (Å²) in [6.07, 6.45) is 9.73. The highest BCUT2D eigenvalue weighted by Crippen LogP contribution is 2.55. The Morgan fingerprint density at radius 1 is 1.29 bits per heavy atom. The molecule has 1 saturated carbocycles. The summed E-state index contributed by atoms with van der Waals surface area (Å²) in [6, 6.07) is 1.09. The largest absolute Gasteiger partial charge is 0.254 e. The molecule has 0 N–H and O–H groups in total. The van der Waals surface area contributed by atoms with Gasteiger partial charge < -0.3 is 0 Å². The number of fused-ring (bicyclic) bond motifs is 2. The Kier molecular flexibility index (Phi) is 3.30. The Morgan fingerprint density at radius 2 is 2.07 bits per heavy atom. The third-order valence-corrected chi connectivity index (χ3v) is 9.27. The molecule has 80 valence electrons. The van der Waals surface area contributed by atoms with Crippen LogP contribution in [0.4, 0.5) is 0 Å². The standard InChI is InChI=1S/C11H18Cl2Si/c1-2-3-6-14(12,13)11-8-9-4-5-10(11)7-9/h4-5,9-11H,2-3,6-8H2,1H3. The van der Waals surface area contributed by atoms with Crippen LogP contribution in [-0.4, -0.2) is 6.69 Å². The van der Waals surface area contributed by atoms with E-state index < -0.39 is 6.69 Å². The van der Waals surface area contributed by atoms with Gasteiger partial charge in [0.2, 0.25) is 0 Å². The normalized spacial score (nSPS) is 35.5. The fourth-order valence-corrected chi connectivity index (χ4v) is 7.89. The molecule has 0 aromatic heterocycles. The fourth-order valence-electron chi connectivity index (χ4n) is 2.86. The first kappa shape index (κ1) is 11.0. The van der Waals surface area contributed by atoms with E-state index in [1.807, 2.05) is 0 Å². The Hall–Kier alpha value is 0.537. The van der Waals surface area contributed by atoms with E-state index in [1.54, 1.807) is 0 Å². The summed E-state index contributed by atoms with van der Waals surface area (Å²) in [6.45, 7) is 0.256. The summed E-state index contributed by atoms with van der Waals surface area (Å²) in [4.78, 5) is 0. The lowest BCUT2D eigenvalue weighted by Crippen LogP contribution is -2.29. The van der Waals surface area contributed by atoms with Crippen LogP contribution in [0.3, 0.4) is 0 Å². The van der Waals surface area contributed by atoms with Crippen LogP contribution >= 0.6 is 22.2 Å². The average Bonchev–Trinajstić information content (AvgIpc) is 2.75.